The van der Waals surface area contributed by atoms with Crippen molar-refractivity contribution in [2.45, 2.75) is 26.7 Å². The smallest absolute Gasteiger partial charge is 0.0187 e. The molecule has 0 aliphatic carbocycles. The number of rotatable bonds is 2. The predicted molar refractivity (Wildman–Crippen MR) is 52.6 cm³/mol. The molecule has 1 nitrogen and oxygen atoms in total. The molecule has 0 aromatic carbocycles. The van der Waals surface area contributed by atoms with E-state index in [1.165, 1.54) is 6.42 Å². The molecule has 1 rings (SSSR count). The molecular weight excluding hydrogens is 156 g/mol. The van der Waals surface area contributed by atoms with E-state index in [1.807, 2.05) is 0 Å². The van der Waals surface area contributed by atoms with E-state index >= 15 is 0 Å². The quantitative estimate of drug-likeness (QED) is 0.583. The Morgan fingerprint density at radius 3 is 2.64 bits per heavy atom. The average molecular weight is 174 g/mol. The van der Waals surface area contributed by atoms with Crippen molar-refractivity contribution in [2.24, 2.45) is 11.8 Å². The lowest BCUT2D eigenvalue weighted by atomic mass is 9.97. The molecule has 1 saturated heterocycles. The third kappa shape index (κ3) is 2.86. The van der Waals surface area contributed by atoms with Crippen LogP contribution in [0.5, 0.6) is 0 Å². The van der Waals surface area contributed by atoms with Gasteiger partial charge in [-0.25, -0.2) is 0 Å². The third-order valence-electron chi connectivity index (χ3n) is 2.24. The van der Waals surface area contributed by atoms with Gasteiger partial charge in [-0.05, 0) is 40.1 Å². The van der Waals surface area contributed by atoms with Crippen LogP contribution in [0.3, 0.4) is 0 Å². The molecule has 0 spiro atoms. The molecule has 2 atom stereocenters. The summed E-state index contributed by atoms with van der Waals surface area (Å²) in [6, 6.07) is 0. The van der Waals surface area contributed by atoms with Gasteiger partial charge in [0.2, 0.25) is 0 Å². The topological polar surface area (TPSA) is 17.1 Å². The predicted octanol–water partition coefficient (Wildman–Crippen LogP) is 1.77. The van der Waals surface area contributed by atoms with Gasteiger partial charge in [-0.3, -0.25) is 4.21 Å². The zero-order chi connectivity index (χ0) is 8.48. The van der Waals surface area contributed by atoms with E-state index in [-0.39, 0.29) is 0 Å². The van der Waals surface area contributed by atoms with E-state index in [2.05, 4.69) is 19.7 Å². The van der Waals surface area contributed by atoms with Crippen LogP contribution in [0, 0.1) is 11.8 Å². The van der Waals surface area contributed by atoms with Crippen molar-refractivity contribution < 1.29 is 4.21 Å². The van der Waals surface area contributed by atoms with Gasteiger partial charge in [-0.2, -0.15) is 0 Å². The Balaban J connectivity index is 2.43. The second kappa shape index (κ2) is 3.18. The van der Waals surface area contributed by atoms with Gasteiger partial charge < -0.3 is 0 Å². The lowest BCUT2D eigenvalue weighted by Gasteiger charge is -2.10. The maximum absolute atomic E-state index is 11.5. The van der Waals surface area contributed by atoms with Crippen molar-refractivity contribution in [3.63, 3.8) is 0 Å². The van der Waals surface area contributed by atoms with Gasteiger partial charge in [-0.1, -0.05) is 13.8 Å². The average Bonchev–Trinajstić information content (AvgIpc) is 2.08. The van der Waals surface area contributed by atoms with Gasteiger partial charge in [0.25, 0.3) is 0 Å². The van der Waals surface area contributed by atoms with Crippen LogP contribution in [0.1, 0.15) is 26.7 Å². The molecule has 1 heterocycles. The molecule has 11 heavy (non-hydrogen) atoms. The molecule has 66 valence electrons. The maximum atomic E-state index is 11.5. The fourth-order valence-electron chi connectivity index (χ4n) is 1.83. The minimum atomic E-state index is -1.64. The van der Waals surface area contributed by atoms with E-state index in [0.29, 0.717) is 5.92 Å². The zero-order valence-electron chi connectivity index (χ0n) is 7.51. The highest BCUT2D eigenvalue weighted by atomic mass is 32.2. The van der Waals surface area contributed by atoms with Crippen LogP contribution in [0.25, 0.3) is 0 Å². The number of hydrogen-bond donors (Lipinski definition) is 0. The van der Waals surface area contributed by atoms with Gasteiger partial charge in [-0.15, -0.1) is 0 Å². The fourth-order valence-corrected chi connectivity index (χ4v) is 3.92. The maximum Gasteiger partial charge on any atom is 0.0187 e. The summed E-state index contributed by atoms with van der Waals surface area (Å²) in [5.41, 5.74) is 0. The van der Waals surface area contributed by atoms with E-state index in [0.717, 1.165) is 23.8 Å². The summed E-state index contributed by atoms with van der Waals surface area (Å²) in [5, 5.41) is 0. The minimum absolute atomic E-state index is 0.694. The van der Waals surface area contributed by atoms with E-state index < -0.39 is 9.52 Å². The largest absolute Gasteiger partial charge is 0.268 e. The number of hydrogen-bond acceptors (Lipinski definition) is 1. The van der Waals surface area contributed by atoms with Crippen molar-refractivity contribution in [1.29, 1.82) is 0 Å². The molecule has 1 aliphatic heterocycles. The van der Waals surface area contributed by atoms with Crippen LogP contribution in [0.2, 0.25) is 0 Å². The standard InChI is InChI=1S/C9H18OS/c1-8(2)6-9-4-5-11(3,10)7-9/h8-9H,3-7H2,1-2H3. The Morgan fingerprint density at radius 2 is 2.27 bits per heavy atom. The van der Waals surface area contributed by atoms with Crippen LogP contribution in [0.4, 0.5) is 0 Å². The second-order valence-electron chi connectivity index (χ2n) is 4.12. The summed E-state index contributed by atoms with van der Waals surface area (Å²) in [6.07, 6.45) is 2.37. The summed E-state index contributed by atoms with van der Waals surface area (Å²) in [5.74, 6) is 6.94. The molecule has 0 bridgehead atoms. The molecule has 0 N–H and O–H groups in total. The van der Waals surface area contributed by atoms with Crippen molar-refractivity contribution in [3.8, 4) is 0 Å². The highest BCUT2D eigenvalue weighted by Crippen LogP contribution is 2.24. The highest BCUT2D eigenvalue weighted by molar-refractivity contribution is 8.00. The van der Waals surface area contributed by atoms with E-state index in [4.69, 9.17) is 0 Å². The van der Waals surface area contributed by atoms with Crippen LogP contribution in [0.15, 0.2) is 0 Å². The van der Waals surface area contributed by atoms with Crippen molar-refractivity contribution >= 4 is 15.4 Å². The minimum Gasteiger partial charge on any atom is -0.268 e. The summed E-state index contributed by atoms with van der Waals surface area (Å²) in [6.45, 7) is 4.45. The van der Waals surface area contributed by atoms with Gasteiger partial charge >= 0.3 is 0 Å². The lowest BCUT2D eigenvalue weighted by molar-refractivity contribution is 0.447. The molecular formula is C9H18OS. The van der Waals surface area contributed by atoms with Crippen LogP contribution in [-0.4, -0.2) is 21.6 Å². The van der Waals surface area contributed by atoms with Crippen molar-refractivity contribution in [2.75, 3.05) is 11.5 Å². The summed E-state index contributed by atoms with van der Waals surface area (Å²) in [7, 11) is -1.64. The molecule has 0 saturated carbocycles. The van der Waals surface area contributed by atoms with Crippen LogP contribution < -0.4 is 0 Å². The SMILES string of the molecule is C=S1(=O)CCC(CC(C)C)C1. The summed E-state index contributed by atoms with van der Waals surface area (Å²) >= 11 is 0. The second-order valence-corrected chi connectivity index (χ2v) is 6.79. The Kier molecular flexibility index (Phi) is 2.63. The normalized spacial score (nSPS) is 38.3. The van der Waals surface area contributed by atoms with Gasteiger partial charge in [0.15, 0.2) is 0 Å². The fraction of sp³-hybridized carbons (Fsp3) is 0.889. The van der Waals surface area contributed by atoms with Crippen LogP contribution >= 0.6 is 0 Å². The first-order valence-electron chi connectivity index (χ1n) is 4.32. The van der Waals surface area contributed by atoms with Crippen molar-refractivity contribution in [3.05, 3.63) is 0 Å². The van der Waals surface area contributed by atoms with Gasteiger partial charge in [0.05, 0.1) is 0 Å². The van der Waals surface area contributed by atoms with E-state index in [1.54, 1.807) is 0 Å². The van der Waals surface area contributed by atoms with Gasteiger partial charge in [0.1, 0.15) is 0 Å². The first-order chi connectivity index (χ1) is 4.99. The first kappa shape index (κ1) is 9.11. The van der Waals surface area contributed by atoms with E-state index in [9.17, 15) is 4.21 Å². The molecule has 2 unspecified atom stereocenters. The molecule has 2 heteroatoms. The van der Waals surface area contributed by atoms with Crippen LogP contribution in [-0.2, 0) is 9.52 Å². The first-order valence-corrected chi connectivity index (χ1v) is 6.39. The van der Waals surface area contributed by atoms with Gasteiger partial charge in [0, 0.05) is 11.5 Å². The lowest BCUT2D eigenvalue weighted by Crippen LogP contribution is -2.06. The third-order valence-corrected chi connectivity index (χ3v) is 4.30. The summed E-state index contributed by atoms with van der Waals surface area (Å²) < 4.78 is 11.5. The molecule has 1 fully saturated rings. The Bertz CT molecular complexity index is 214. The Morgan fingerprint density at radius 1 is 1.64 bits per heavy atom. The molecule has 0 aromatic rings. The monoisotopic (exact) mass is 174 g/mol. The zero-order valence-corrected chi connectivity index (χ0v) is 8.32. The van der Waals surface area contributed by atoms with Crippen molar-refractivity contribution in [1.82, 2.24) is 0 Å². The Hall–Kier alpha value is 0.0200. The molecule has 0 radical (unpaired) electrons. The highest BCUT2D eigenvalue weighted by Gasteiger charge is 2.23. The molecule has 1 aliphatic rings. The molecule has 0 amide bonds. The Labute approximate surface area is 70.2 Å². The summed E-state index contributed by atoms with van der Waals surface area (Å²) in [4.78, 5) is 0. The molecule has 0 aromatic heterocycles.